The van der Waals surface area contributed by atoms with Gasteiger partial charge in [0.2, 0.25) is 0 Å². The molecular weight excluding hydrogens is 208 g/mol. The van der Waals surface area contributed by atoms with E-state index in [2.05, 4.69) is 6.58 Å². The van der Waals surface area contributed by atoms with Gasteiger partial charge in [-0.1, -0.05) is 17.7 Å². The second-order valence-corrected chi connectivity index (χ2v) is 3.94. The molecule has 16 heavy (non-hydrogen) atoms. The molecule has 2 rings (SSSR count). The van der Waals surface area contributed by atoms with Gasteiger partial charge >= 0.3 is 6.03 Å². The summed E-state index contributed by atoms with van der Waals surface area (Å²) >= 11 is 0. The molecule has 0 aliphatic carbocycles. The third kappa shape index (κ3) is 1.96. The zero-order valence-electron chi connectivity index (χ0n) is 9.13. The molecule has 0 aromatic rings. The highest BCUT2D eigenvalue weighted by Gasteiger charge is 2.40. The molecule has 0 aromatic heterocycles. The van der Waals surface area contributed by atoms with E-state index in [1.807, 2.05) is 6.08 Å². The predicted molar refractivity (Wildman–Crippen MR) is 58.5 cm³/mol. The van der Waals surface area contributed by atoms with Gasteiger partial charge in [-0.05, 0) is 6.42 Å². The third-order valence-corrected chi connectivity index (χ3v) is 2.75. The van der Waals surface area contributed by atoms with Crippen LogP contribution >= 0.6 is 0 Å². The van der Waals surface area contributed by atoms with E-state index < -0.39 is 0 Å². The minimum Gasteiger partial charge on any atom is -0.396 e. The van der Waals surface area contributed by atoms with E-state index in [0.717, 1.165) is 5.57 Å². The summed E-state index contributed by atoms with van der Waals surface area (Å²) in [6.45, 7) is 5.28. The minimum atomic E-state index is -0.101. The first-order chi connectivity index (χ1) is 7.76. The van der Waals surface area contributed by atoms with Crippen molar-refractivity contribution < 1.29 is 14.7 Å². The molecule has 5 nitrogen and oxygen atoms in total. The van der Waals surface area contributed by atoms with E-state index in [4.69, 9.17) is 9.94 Å². The largest absolute Gasteiger partial charge is 0.396 e. The topological polar surface area (TPSA) is 53.0 Å². The summed E-state index contributed by atoms with van der Waals surface area (Å²) in [7, 11) is 0. The number of aliphatic hydroxyl groups excluding tert-OH is 1. The van der Waals surface area contributed by atoms with E-state index in [0.29, 0.717) is 26.1 Å². The molecule has 1 N–H and O–H groups in total. The molecule has 88 valence electrons. The number of carbonyl (C=O) groups is 1. The van der Waals surface area contributed by atoms with Gasteiger partial charge in [-0.25, -0.2) is 4.79 Å². The number of urea groups is 1. The Hall–Kier alpha value is -1.33. The van der Waals surface area contributed by atoms with Crippen LogP contribution in [0.4, 0.5) is 4.79 Å². The lowest BCUT2D eigenvalue weighted by atomic mass is 10.1. The molecule has 5 heteroatoms. The lowest BCUT2D eigenvalue weighted by molar-refractivity contribution is -0.107. The standard InChI is InChI=1S/C11H16N2O3/c1-2-5-16-13-10-6-9(3-4-14)7-12(8-10)11(13)15/h2,6,10,14H,1,3-5,7-8H2. The zero-order chi connectivity index (χ0) is 11.5. The Balaban J connectivity index is 2.07. The summed E-state index contributed by atoms with van der Waals surface area (Å²) in [5, 5.41) is 10.3. The molecule has 1 unspecified atom stereocenters. The molecular formula is C11H16N2O3. The van der Waals surface area contributed by atoms with Crippen molar-refractivity contribution in [1.29, 1.82) is 0 Å². The van der Waals surface area contributed by atoms with Crippen LogP contribution in [0.2, 0.25) is 0 Å². The van der Waals surface area contributed by atoms with E-state index in [-0.39, 0.29) is 18.7 Å². The van der Waals surface area contributed by atoms with Crippen LogP contribution in [-0.4, -0.2) is 53.4 Å². The van der Waals surface area contributed by atoms with E-state index in [1.54, 1.807) is 11.0 Å². The Kier molecular flexibility index (Phi) is 3.26. The summed E-state index contributed by atoms with van der Waals surface area (Å²) in [5.74, 6) is 0. The number of hydroxylamine groups is 2. The first kappa shape index (κ1) is 11.2. The Morgan fingerprint density at radius 3 is 3.19 bits per heavy atom. The molecule has 1 fully saturated rings. The molecule has 2 aliphatic heterocycles. The lowest BCUT2D eigenvalue weighted by Crippen LogP contribution is -2.33. The highest BCUT2D eigenvalue weighted by atomic mass is 16.7. The fourth-order valence-corrected chi connectivity index (χ4v) is 2.07. The maximum Gasteiger partial charge on any atom is 0.344 e. The van der Waals surface area contributed by atoms with E-state index in [1.165, 1.54) is 5.06 Å². The summed E-state index contributed by atoms with van der Waals surface area (Å²) in [6, 6.07) is -0.126. The van der Waals surface area contributed by atoms with Gasteiger partial charge in [-0.2, -0.15) is 5.06 Å². The Morgan fingerprint density at radius 2 is 2.50 bits per heavy atom. The van der Waals surface area contributed by atoms with Crippen molar-refractivity contribution in [3.63, 3.8) is 0 Å². The Bertz CT molecular complexity index is 327. The number of hydrogen-bond donors (Lipinski definition) is 1. The van der Waals surface area contributed by atoms with Crippen LogP contribution in [-0.2, 0) is 4.84 Å². The monoisotopic (exact) mass is 224 g/mol. The molecule has 2 bridgehead atoms. The first-order valence-electron chi connectivity index (χ1n) is 5.38. The van der Waals surface area contributed by atoms with Gasteiger partial charge in [0, 0.05) is 19.7 Å². The summed E-state index contributed by atoms with van der Waals surface area (Å²) in [6.07, 6.45) is 4.25. The number of amides is 2. The number of nitrogens with zero attached hydrogens (tertiary/aromatic N) is 2. The van der Waals surface area contributed by atoms with Gasteiger partial charge in [0.1, 0.15) is 0 Å². The molecule has 0 spiro atoms. The highest BCUT2D eigenvalue weighted by molar-refractivity contribution is 5.77. The highest BCUT2D eigenvalue weighted by Crippen LogP contribution is 2.25. The third-order valence-electron chi connectivity index (χ3n) is 2.75. The number of aliphatic hydroxyl groups is 1. The van der Waals surface area contributed by atoms with Gasteiger partial charge < -0.3 is 10.0 Å². The van der Waals surface area contributed by atoms with Gasteiger partial charge in [0.25, 0.3) is 0 Å². The fourth-order valence-electron chi connectivity index (χ4n) is 2.07. The summed E-state index contributed by atoms with van der Waals surface area (Å²) in [4.78, 5) is 18.9. The molecule has 2 aliphatic rings. The number of carbonyl (C=O) groups excluding carboxylic acids is 1. The smallest absolute Gasteiger partial charge is 0.344 e. The average Bonchev–Trinajstić information content (AvgIpc) is 2.49. The van der Waals surface area contributed by atoms with Crippen molar-refractivity contribution in [1.82, 2.24) is 9.96 Å². The molecule has 2 amide bonds. The van der Waals surface area contributed by atoms with Crippen LogP contribution in [0.3, 0.4) is 0 Å². The number of hydrogen-bond acceptors (Lipinski definition) is 3. The Morgan fingerprint density at radius 1 is 1.69 bits per heavy atom. The summed E-state index contributed by atoms with van der Waals surface area (Å²) < 4.78 is 0. The van der Waals surface area contributed by atoms with Crippen LogP contribution in [0.15, 0.2) is 24.3 Å². The van der Waals surface area contributed by atoms with Crippen molar-refractivity contribution in [3.8, 4) is 0 Å². The molecule has 1 atom stereocenters. The second kappa shape index (κ2) is 4.67. The number of fused-ring (bicyclic) bond motifs is 2. The van der Waals surface area contributed by atoms with E-state index >= 15 is 0 Å². The fraction of sp³-hybridized carbons (Fsp3) is 0.545. The second-order valence-electron chi connectivity index (χ2n) is 3.94. The zero-order valence-corrected chi connectivity index (χ0v) is 9.13. The van der Waals surface area contributed by atoms with Crippen molar-refractivity contribution >= 4 is 6.03 Å². The van der Waals surface area contributed by atoms with Crippen molar-refractivity contribution in [2.45, 2.75) is 12.5 Å². The van der Waals surface area contributed by atoms with Gasteiger partial charge in [-0.3, -0.25) is 4.84 Å². The molecule has 0 aromatic carbocycles. The lowest BCUT2D eigenvalue weighted by Gasteiger charge is -2.20. The van der Waals surface area contributed by atoms with Crippen molar-refractivity contribution in [2.24, 2.45) is 0 Å². The first-order valence-corrected chi connectivity index (χ1v) is 5.38. The molecule has 0 saturated carbocycles. The normalized spacial score (nSPS) is 23.7. The Labute approximate surface area is 94.5 Å². The van der Waals surface area contributed by atoms with Crippen molar-refractivity contribution in [2.75, 3.05) is 26.3 Å². The minimum absolute atomic E-state index is 0.0252. The molecule has 1 saturated heterocycles. The molecule has 0 radical (unpaired) electrons. The SMILES string of the molecule is C=CCON1C(=O)N2CC(CCO)=CC1C2. The predicted octanol–water partition coefficient (Wildman–Crippen LogP) is 0.533. The van der Waals surface area contributed by atoms with Gasteiger partial charge in [0.15, 0.2) is 0 Å². The van der Waals surface area contributed by atoms with Gasteiger partial charge in [-0.15, -0.1) is 6.58 Å². The maximum absolute atomic E-state index is 11.8. The number of rotatable bonds is 5. The van der Waals surface area contributed by atoms with Crippen molar-refractivity contribution in [3.05, 3.63) is 24.3 Å². The van der Waals surface area contributed by atoms with E-state index in [9.17, 15) is 4.79 Å². The van der Waals surface area contributed by atoms with Crippen LogP contribution < -0.4 is 0 Å². The quantitative estimate of drug-likeness (QED) is 0.693. The summed E-state index contributed by atoms with van der Waals surface area (Å²) in [5.41, 5.74) is 1.09. The maximum atomic E-state index is 11.8. The molecule has 2 heterocycles. The van der Waals surface area contributed by atoms with Crippen LogP contribution in [0.1, 0.15) is 6.42 Å². The van der Waals surface area contributed by atoms with Crippen LogP contribution in [0, 0.1) is 0 Å². The van der Waals surface area contributed by atoms with Crippen LogP contribution in [0.5, 0.6) is 0 Å². The van der Waals surface area contributed by atoms with Crippen LogP contribution in [0.25, 0.3) is 0 Å². The average molecular weight is 224 g/mol. The van der Waals surface area contributed by atoms with Gasteiger partial charge in [0.05, 0.1) is 12.6 Å².